The van der Waals surface area contributed by atoms with Crippen molar-refractivity contribution < 1.29 is 0 Å². The molecular formula is C11H15N5OS. The van der Waals surface area contributed by atoms with Crippen molar-refractivity contribution in [2.24, 2.45) is 7.05 Å². The van der Waals surface area contributed by atoms with Gasteiger partial charge in [0.2, 0.25) is 0 Å². The number of hydrogen-bond acceptors (Lipinski definition) is 5. The van der Waals surface area contributed by atoms with Crippen molar-refractivity contribution in [1.82, 2.24) is 19.7 Å². The minimum absolute atomic E-state index is 0.148. The van der Waals surface area contributed by atoms with E-state index in [2.05, 4.69) is 15.1 Å². The van der Waals surface area contributed by atoms with Crippen molar-refractivity contribution in [3.8, 4) is 0 Å². The average Bonchev–Trinajstić information content (AvgIpc) is 2.57. The number of nitrogens with zero attached hydrogens (tertiary/aromatic N) is 3. The maximum atomic E-state index is 11.5. The Morgan fingerprint density at radius 2 is 2.33 bits per heavy atom. The van der Waals surface area contributed by atoms with Gasteiger partial charge in [-0.25, -0.2) is 4.98 Å². The van der Waals surface area contributed by atoms with Gasteiger partial charge in [-0.2, -0.15) is 5.10 Å². The van der Waals surface area contributed by atoms with Crippen LogP contribution in [0.5, 0.6) is 0 Å². The number of nitrogen functional groups attached to an aromatic ring is 1. The summed E-state index contributed by atoms with van der Waals surface area (Å²) in [6.45, 7) is 2.05. The zero-order chi connectivity index (χ0) is 13.1. The number of rotatable bonds is 4. The number of aromatic nitrogens is 4. The van der Waals surface area contributed by atoms with Gasteiger partial charge >= 0.3 is 0 Å². The van der Waals surface area contributed by atoms with Gasteiger partial charge in [0, 0.05) is 25.0 Å². The molecule has 0 unspecified atom stereocenters. The van der Waals surface area contributed by atoms with Crippen LogP contribution in [0.2, 0.25) is 0 Å². The molecule has 7 heteroatoms. The molecule has 2 heterocycles. The van der Waals surface area contributed by atoms with Gasteiger partial charge in [0.1, 0.15) is 5.03 Å². The third-order valence-electron chi connectivity index (χ3n) is 2.29. The molecule has 0 spiro atoms. The number of anilines is 1. The molecule has 18 heavy (non-hydrogen) atoms. The number of nitrogens with two attached hydrogens (primary N) is 1. The van der Waals surface area contributed by atoms with Gasteiger partial charge in [-0.3, -0.25) is 9.48 Å². The molecule has 0 aliphatic heterocycles. The third kappa shape index (κ3) is 2.92. The molecule has 0 saturated carbocycles. The van der Waals surface area contributed by atoms with Gasteiger partial charge in [-0.15, -0.1) is 0 Å². The van der Waals surface area contributed by atoms with Gasteiger partial charge in [-0.05, 0) is 18.2 Å². The van der Waals surface area contributed by atoms with Crippen LogP contribution in [0, 0.1) is 0 Å². The fourth-order valence-electron chi connectivity index (χ4n) is 1.57. The summed E-state index contributed by atoms with van der Waals surface area (Å²) in [4.78, 5) is 18.6. The lowest BCUT2D eigenvalue weighted by Gasteiger charge is -2.01. The Hall–Kier alpha value is -1.76. The monoisotopic (exact) mass is 265 g/mol. The minimum Gasteiger partial charge on any atom is -0.395 e. The topological polar surface area (TPSA) is 89.6 Å². The van der Waals surface area contributed by atoms with Crippen LogP contribution in [0.15, 0.2) is 27.2 Å². The van der Waals surface area contributed by atoms with E-state index in [9.17, 15) is 4.79 Å². The molecule has 0 aliphatic rings. The number of aryl methyl sites for hydroxylation is 2. The number of hydrogen-bond donors (Lipinski definition) is 2. The molecule has 2 rings (SSSR count). The highest BCUT2D eigenvalue weighted by Crippen LogP contribution is 2.27. The zero-order valence-corrected chi connectivity index (χ0v) is 11.1. The van der Waals surface area contributed by atoms with Crippen molar-refractivity contribution in [2.75, 3.05) is 5.73 Å². The van der Waals surface area contributed by atoms with Gasteiger partial charge in [0.15, 0.2) is 5.16 Å². The highest BCUT2D eigenvalue weighted by molar-refractivity contribution is 7.99. The molecule has 0 bridgehead atoms. The molecule has 0 fully saturated rings. The van der Waals surface area contributed by atoms with E-state index in [0.29, 0.717) is 15.9 Å². The Labute approximate surface area is 109 Å². The fourth-order valence-corrected chi connectivity index (χ4v) is 2.41. The minimum atomic E-state index is -0.148. The summed E-state index contributed by atoms with van der Waals surface area (Å²) in [6, 6.07) is 1.52. The predicted octanol–water partition coefficient (Wildman–Crippen LogP) is 1.19. The van der Waals surface area contributed by atoms with Gasteiger partial charge in [0.05, 0.1) is 5.69 Å². The van der Waals surface area contributed by atoms with E-state index in [1.807, 2.05) is 6.92 Å². The van der Waals surface area contributed by atoms with Gasteiger partial charge in [-0.1, -0.05) is 13.3 Å². The summed E-state index contributed by atoms with van der Waals surface area (Å²) in [5, 5.41) is 5.38. The molecule has 0 aliphatic carbocycles. The predicted molar refractivity (Wildman–Crippen MR) is 70.6 cm³/mol. The van der Waals surface area contributed by atoms with Crippen LogP contribution in [-0.4, -0.2) is 19.7 Å². The molecule has 2 aromatic rings. The van der Waals surface area contributed by atoms with Crippen LogP contribution in [0.1, 0.15) is 19.0 Å². The Kier molecular flexibility index (Phi) is 3.71. The maximum Gasteiger partial charge on any atom is 0.251 e. The number of H-pyrrole nitrogens is 1. The lowest BCUT2D eigenvalue weighted by molar-refractivity contribution is 0.736. The Morgan fingerprint density at radius 1 is 1.56 bits per heavy atom. The molecule has 0 radical (unpaired) electrons. The maximum absolute atomic E-state index is 11.5. The standard InChI is InChI=1S/C11H15N5OS/c1-3-4-7-5-9(17)14-11(13-7)18-10-8(12)6-16(2)15-10/h5-6H,3-4,12H2,1-2H3,(H,13,14,17). The van der Waals surface area contributed by atoms with E-state index in [1.54, 1.807) is 17.9 Å². The Morgan fingerprint density at radius 3 is 2.94 bits per heavy atom. The van der Waals surface area contributed by atoms with Gasteiger partial charge < -0.3 is 10.7 Å². The largest absolute Gasteiger partial charge is 0.395 e. The quantitative estimate of drug-likeness (QED) is 0.810. The summed E-state index contributed by atoms with van der Waals surface area (Å²) >= 11 is 1.27. The molecule has 6 nitrogen and oxygen atoms in total. The second-order valence-electron chi connectivity index (χ2n) is 3.96. The molecule has 0 amide bonds. The molecular weight excluding hydrogens is 250 g/mol. The molecule has 2 aromatic heterocycles. The van der Waals surface area contributed by atoms with Crippen molar-refractivity contribution in [1.29, 1.82) is 0 Å². The van der Waals surface area contributed by atoms with Crippen molar-refractivity contribution in [2.45, 2.75) is 29.9 Å². The van der Waals surface area contributed by atoms with Crippen LogP contribution in [0.25, 0.3) is 0 Å². The van der Waals surface area contributed by atoms with Crippen molar-refractivity contribution in [3.63, 3.8) is 0 Å². The molecule has 0 saturated heterocycles. The second kappa shape index (κ2) is 5.26. The van der Waals surface area contributed by atoms with E-state index in [4.69, 9.17) is 5.73 Å². The first-order valence-electron chi connectivity index (χ1n) is 5.65. The number of nitrogens with one attached hydrogen (secondary N) is 1. The number of aromatic amines is 1. The first-order valence-corrected chi connectivity index (χ1v) is 6.47. The van der Waals surface area contributed by atoms with Crippen LogP contribution in [0.3, 0.4) is 0 Å². The lowest BCUT2D eigenvalue weighted by atomic mass is 10.2. The lowest BCUT2D eigenvalue weighted by Crippen LogP contribution is -2.10. The summed E-state index contributed by atoms with van der Waals surface area (Å²) in [5.74, 6) is 0. The SMILES string of the molecule is CCCc1cc(=O)[nH]c(Sc2nn(C)cc2N)n1. The Balaban J connectivity index is 2.28. The summed E-state index contributed by atoms with van der Waals surface area (Å²) < 4.78 is 1.63. The van der Waals surface area contributed by atoms with E-state index < -0.39 is 0 Å². The van der Waals surface area contributed by atoms with Crippen molar-refractivity contribution >= 4 is 17.4 Å². The fraction of sp³-hybridized carbons (Fsp3) is 0.364. The van der Waals surface area contributed by atoms with E-state index >= 15 is 0 Å². The first kappa shape index (κ1) is 12.7. The van der Waals surface area contributed by atoms with Crippen molar-refractivity contribution in [3.05, 3.63) is 28.3 Å². The highest BCUT2D eigenvalue weighted by atomic mass is 32.2. The highest BCUT2D eigenvalue weighted by Gasteiger charge is 2.09. The van der Waals surface area contributed by atoms with Gasteiger partial charge in [0.25, 0.3) is 5.56 Å². The summed E-state index contributed by atoms with van der Waals surface area (Å²) in [6.07, 6.45) is 3.46. The van der Waals surface area contributed by atoms with E-state index in [-0.39, 0.29) is 5.56 Å². The second-order valence-corrected chi connectivity index (χ2v) is 4.93. The normalized spacial score (nSPS) is 10.8. The third-order valence-corrected chi connectivity index (χ3v) is 3.19. The average molecular weight is 265 g/mol. The Bertz CT molecular complexity index is 604. The van der Waals surface area contributed by atoms with Crippen LogP contribution in [-0.2, 0) is 13.5 Å². The summed E-state index contributed by atoms with van der Waals surface area (Å²) in [7, 11) is 1.80. The zero-order valence-electron chi connectivity index (χ0n) is 10.3. The molecule has 0 atom stereocenters. The van der Waals surface area contributed by atoms with Crippen LogP contribution >= 0.6 is 11.8 Å². The smallest absolute Gasteiger partial charge is 0.251 e. The molecule has 3 N–H and O–H groups in total. The molecule has 96 valence electrons. The first-order chi connectivity index (χ1) is 8.58. The van der Waals surface area contributed by atoms with E-state index in [0.717, 1.165) is 18.5 Å². The molecule has 0 aromatic carbocycles. The van der Waals surface area contributed by atoms with E-state index in [1.165, 1.54) is 17.8 Å². The van der Waals surface area contributed by atoms with Crippen LogP contribution in [0.4, 0.5) is 5.69 Å². The summed E-state index contributed by atoms with van der Waals surface area (Å²) in [5.41, 5.74) is 7.02. The van der Waals surface area contributed by atoms with Crippen LogP contribution < -0.4 is 11.3 Å².